The summed E-state index contributed by atoms with van der Waals surface area (Å²) in [5, 5.41) is 4.74. The zero-order chi connectivity index (χ0) is 27.7. The molecule has 0 bridgehead atoms. The van der Waals surface area contributed by atoms with Crippen LogP contribution in [0.1, 0.15) is 85.2 Å². The highest BCUT2D eigenvalue weighted by Crippen LogP contribution is 2.39. The van der Waals surface area contributed by atoms with E-state index in [2.05, 4.69) is 73.1 Å². The number of nitrogens with one attached hydrogen (secondary N) is 1. The largest absolute Gasteiger partial charge is 0.496 e. The maximum atomic E-state index is 13.8. The number of fused-ring (bicyclic) bond motifs is 1. The van der Waals surface area contributed by atoms with Crippen molar-refractivity contribution in [1.29, 1.82) is 0 Å². The first-order valence-electron chi connectivity index (χ1n) is 14.2. The van der Waals surface area contributed by atoms with E-state index < -0.39 is 0 Å². The van der Waals surface area contributed by atoms with Crippen molar-refractivity contribution in [3.63, 3.8) is 0 Å². The van der Waals surface area contributed by atoms with Crippen molar-refractivity contribution in [2.45, 2.75) is 71.9 Å². The van der Waals surface area contributed by atoms with Gasteiger partial charge in [0, 0.05) is 52.7 Å². The van der Waals surface area contributed by atoms with Gasteiger partial charge < -0.3 is 14.6 Å². The molecule has 3 aromatic rings. The molecular weight excluding hydrogens is 484 g/mol. The Bertz CT molecular complexity index is 1470. The summed E-state index contributed by atoms with van der Waals surface area (Å²) in [7, 11) is 1.59. The van der Waals surface area contributed by atoms with Crippen molar-refractivity contribution < 1.29 is 14.3 Å². The topological polar surface area (TPSA) is 60.3 Å². The van der Waals surface area contributed by atoms with Crippen molar-refractivity contribution in [3.05, 3.63) is 93.9 Å². The van der Waals surface area contributed by atoms with Gasteiger partial charge in [-0.2, -0.15) is 0 Å². The first-order chi connectivity index (χ1) is 18.8. The van der Waals surface area contributed by atoms with Gasteiger partial charge in [-0.15, -0.1) is 0 Å². The average molecular weight is 525 g/mol. The second kappa shape index (κ2) is 11.4. The summed E-state index contributed by atoms with van der Waals surface area (Å²) in [4.78, 5) is 26.5. The molecule has 1 aliphatic heterocycles. The van der Waals surface area contributed by atoms with Gasteiger partial charge in [0.15, 0.2) is 11.6 Å². The number of carbonyl (C=O) groups excluding carboxylic acids is 2. The first kappa shape index (κ1) is 27.1. The number of piperidine rings is 1. The molecule has 1 aromatic heterocycles. The van der Waals surface area contributed by atoms with Crippen molar-refractivity contribution in [1.82, 2.24) is 9.88 Å². The molecule has 3 atom stereocenters. The lowest BCUT2D eigenvalue weighted by molar-refractivity contribution is -0.115. The Labute approximate surface area is 231 Å². The lowest BCUT2D eigenvalue weighted by atomic mass is 9.83. The summed E-state index contributed by atoms with van der Waals surface area (Å²) in [5.41, 5.74) is 7.24. The molecule has 1 saturated heterocycles. The fourth-order valence-electron chi connectivity index (χ4n) is 6.75. The Hall–Kier alpha value is -3.44. The minimum Gasteiger partial charge on any atom is -0.496 e. The maximum Gasteiger partial charge on any atom is 0.166 e. The number of nitrogens with zero attached hydrogens (tertiary/aromatic N) is 1. The number of para-hydroxylation sites is 1. The van der Waals surface area contributed by atoms with Gasteiger partial charge in [-0.1, -0.05) is 48.0 Å². The summed E-state index contributed by atoms with van der Waals surface area (Å²) < 4.78 is 7.88. The number of ether oxygens (including phenoxy) is 1. The van der Waals surface area contributed by atoms with Crippen molar-refractivity contribution >= 4 is 22.5 Å². The van der Waals surface area contributed by atoms with Crippen LogP contribution >= 0.6 is 0 Å². The quantitative estimate of drug-likeness (QED) is 0.313. The Morgan fingerprint density at radius 2 is 1.85 bits per heavy atom. The third-order valence-electron chi connectivity index (χ3n) is 8.81. The third kappa shape index (κ3) is 5.25. The zero-order valence-electron chi connectivity index (χ0n) is 23.8. The van der Waals surface area contributed by atoms with Crippen LogP contribution in [0.3, 0.4) is 0 Å². The normalized spacial score (nSPS) is 20.7. The number of carbonyl (C=O) groups is 2. The fraction of sp³-hybridized carbons (Fsp3) is 0.412. The highest BCUT2D eigenvalue weighted by molar-refractivity contribution is 6.10. The lowest BCUT2D eigenvalue weighted by Crippen LogP contribution is -2.35. The standard InChI is InChI=1S/C34H40N2O3/c1-21-18-32(38)28(33(19-21)39-5)14-15-31(37)34-24(4)36(30-13-9-8-12-27(30)34)23(3)25-16-17-35-29(20-25)26-11-7-6-10-22(26)2/h6-13,19,23,25,29,35H,14-18,20H2,1-5H3. The molecule has 0 saturated carbocycles. The molecule has 1 N–H and O–H groups in total. The minimum absolute atomic E-state index is 0.0570. The highest BCUT2D eigenvalue weighted by atomic mass is 16.5. The molecule has 2 aromatic carbocycles. The van der Waals surface area contributed by atoms with Gasteiger partial charge in [0.25, 0.3) is 0 Å². The van der Waals surface area contributed by atoms with E-state index in [1.54, 1.807) is 7.11 Å². The molecule has 0 radical (unpaired) electrons. The minimum atomic E-state index is 0.0570. The summed E-state index contributed by atoms with van der Waals surface area (Å²) in [6.45, 7) is 9.50. The monoisotopic (exact) mass is 524 g/mol. The highest BCUT2D eigenvalue weighted by Gasteiger charge is 2.31. The first-order valence-corrected chi connectivity index (χ1v) is 14.2. The smallest absolute Gasteiger partial charge is 0.166 e. The molecule has 2 heterocycles. The van der Waals surface area contributed by atoms with Gasteiger partial charge in [-0.05, 0) is 82.7 Å². The second-order valence-electron chi connectivity index (χ2n) is 11.3. The fourth-order valence-corrected chi connectivity index (χ4v) is 6.75. The van der Waals surface area contributed by atoms with Crippen LogP contribution in [0.2, 0.25) is 0 Å². The Kier molecular flexibility index (Phi) is 7.90. The van der Waals surface area contributed by atoms with Crippen molar-refractivity contribution in [2.24, 2.45) is 5.92 Å². The number of hydrogen-bond acceptors (Lipinski definition) is 4. The van der Waals surface area contributed by atoms with Crippen LogP contribution in [0.15, 0.2) is 71.5 Å². The molecule has 3 unspecified atom stereocenters. The summed E-state index contributed by atoms with van der Waals surface area (Å²) in [5.74, 6) is 1.22. The Balaban J connectivity index is 1.43. The van der Waals surface area contributed by atoms with E-state index in [0.29, 0.717) is 36.1 Å². The molecule has 2 aliphatic rings. The molecule has 0 amide bonds. The van der Waals surface area contributed by atoms with E-state index in [0.717, 1.165) is 47.1 Å². The lowest BCUT2D eigenvalue weighted by Gasteiger charge is -2.36. The average Bonchev–Trinajstić information content (AvgIpc) is 3.23. The van der Waals surface area contributed by atoms with Gasteiger partial charge >= 0.3 is 0 Å². The van der Waals surface area contributed by atoms with Crippen LogP contribution in [0, 0.1) is 19.8 Å². The number of aryl methyl sites for hydroxylation is 1. The third-order valence-corrected chi connectivity index (χ3v) is 8.81. The van der Waals surface area contributed by atoms with Crippen LogP contribution in [0.4, 0.5) is 0 Å². The van der Waals surface area contributed by atoms with Gasteiger partial charge in [-0.3, -0.25) is 9.59 Å². The zero-order valence-corrected chi connectivity index (χ0v) is 23.8. The number of benzene rings is 2. The van der Waals surface area contributed by atoms with Crippen LogP contribution in [-0.4, -0.2) is 29.8 Å². The molecule has 204 valence electrons. The summed E-state index contributed by atoms with van der Waals surface area (Å²) in [6.07, 6.45) is 5.15. The molecule has 1 aliphatic carbocycles. The van der Waals surface area contributed by atoms with Crippen LogP contribution in [-0.2, 0) is 9.53 Å². The number of hydrogen-bond donors (Lipinski definition) is 1. The van der Waals surface area contributed by atoms with Gasteiger partial charge in [0.1, 0.15) is 5.76 Å². The van der Waals surface area contributed by atoms with Crippen molar-refractivity contribution in [2.75, 3.05) is 13.7 Å². The van der Waals surface area contributed by atoms with Gasteiger partial charge in [0.2, 0.25) is 0 Å². The molecule has 0 spiro atoms. The molecule has 1 fully saturated rings. The Morgan fingerprint density at radius 1 is 1.10 bits per heavy atom. The van der Waals surface area contributed by atoms with E-state index in [1.165, 1.54) is 11.1 Å². The number of rotatable bonds is 8. The van der Waals surface area contributed by atoms with Gasteiger partial charge in [0.05, 0.1) is 7.11 Å². The van der Waals surface area contributed by atoms with E-state index >= 15 is 0 Å². The molecule has 5 nitrogen and oxygen atoms in total. The number of allylic oxidation sites excluding steroid dienone is 3. The second-order valence-corrected chi connectivity index (χ2v) is 11.3. The number of Topliss-reactive ketones (excluding diaryl/α,β-unsaturated/α-hetero) is 2. The predicted octanol–water partition coefficient (Wildman–Crippen LogP) is 7.34. The summed E-state index contributed by atoms with van der Waals surface area (Å²) >= 11 is 0. The molecular formula is C34H40N2O3. The maximum absolute atomic E-state index is 13.8. The van der Waals surface area contributed by atoms with Crippen LogP contribution in [0.5, 0.6) is 0 Å². The number of ketones is 2. The van der Waals surface area contributed by atoms with E-state index in [4.69, 9.17) is 4.74 Å². The van der Waals surface area contributed by atoms with Crippen LogP contribution in [0.25, 0.3) is 10.9 Å². The molecule has 5 heteroatoms. The number of aromatic nitrogens is 1. The van der Waals surface area contributed by atoms with E-state index in [1.807, 2.05) is 19.1 Å². The SMILES string of the molecule is COC1=C(CCC(=O)c2c(C)n(C(C)C3CCNC(c4ccccc4C)C3)c3ccccc23)C(=O)CC(C)=C1. The van der Waals surface area contributed by atoms with E-state index in [-0.39, 0.29) is 24.0 Å². The van der Waals surface area contributed by atoms with Gasteiger partial charge in [-0.25, -0.2) is 0 Å². The van der Waals surface area contributed by atoms with E-state index in [9.17, 15) is 9.59 Å². The van der Waals surface area contributed by atoms with Crippen LogP contribution < -0.4 is 5.32 Å². The van der Waals surface area contributed by atoms with Crippen molar-refractivity contribution in [3.8, 4) is 0 Å². The Morgan fingerprint density at radius 3 is 2.62 bits per heavy atom. The molecule has 39 heavy (non-hydrogen) atoms. The number of methoxy groups -OCH3 is 1. The predicted molar refractivity (Wildman–Crippen MR) is 157 cm³/mol. The summed E-state index contributed by atoms with van der Waals surface area (Å²) in [6, 6.07) is 17.5. The molecule has 5 rings (SSSR count).